The zero-order valence-electron chi connectivity index (χ0n) is 13.1. The summed E-state index contributed by atoms with van der Waals surface area (Å²) in [5, 5.41) is 0.682. The van der Waals surface area contributed by atoms with Gasteiger partial charge in [-0.3, -0.25) is 4.79 Å². The number of carbonyl (C=O) groups excluding carboxylic acids is 1. The molecule has 0 N–H and O–H groups in total. The Bertz CT molecular complexity index is 715. The van der Waals surface area contributed by atoms with Crippen molar-refractivity contribution in [3.05, 3.63) is 58.6 Å². The van der Waals surface area contributed by atoms with Crippen molar-refractivity contribution in [1.82, 2.24) is 4.90 Å². The van der Waals surface area contributed by atoms with E-state index in [2.05, 4.69) is 0 Å². The number of hydrogen-bond acceptors (Lipinski definition) is 3. The Balaban J connectivity index is 1.80. The van der Waals surface area contributed by atoms with Gasteiger partial charge in [0.1, 0.15) is 13.2 Å². The van der Waals surface area contributed by atoms with E-state index < -0.39 is 0 Å². The molecule has 0 bridgehead atoms. The van der Waals surface area contributed by atoms with Crippen LogP contribution in [0.5, 0.6) is 11.5 Å². The van der Waals surface area contributed by atoms with Gasteiger partial charge < -0.3 is 14.4 Å². The van der Waals surface area contributed by atoms with E-state index >= 15 is 0 Å². The Hall–Kier alpha value is -2.20. The van der Waals surface area contributed by atoms with Crippen LogP contribution in [0.2, 0.25) is 5.02 Å². The van der Waals surface area contributed by atoms with Gasteiger partial charge in [0, 0.05) is 17.6 Å². The van der Waals surface area contributed by atoms with E-state index in [9.17, 15) is 4.79 Å². The van der Waals surface area contributed by atoms with E-state index in [1.807, 2.05) is 31.2 Å². The highest BCUT2D eigenvalue weighted by Crippen LogP contribution is 2.32. The van der Waals surface area contributed by atoms with Gasteiger partial charge in [0.15, 0.2) is 11.5 Å². The molecule has 3 rings (SSSR count). The molecule has 0 aliphatic carbocycles. The van der Waals surface area contributed by atoms with Crippen LogP contribution < -0.4 is 9.47 Å². The minimum Gasteiger partial charge on any atom is -0.486 e. The first kappa shape index (κ1) is 15.7. The van der Waals surface area contributed by atoms with Crippen molar-refractivity contribution in [1.29, 1.82) is 0 Å². The van der Waals surface area contributed by atoms with Crippen LogP contribution in [0.3, 0.4) is 0 Å². The minimum absolute atomic E-state index is 0.0621. The summed E-state index contributed by atoms with van der Waals surface area (Å²) in [5.74, 6) is 1.24. The minimum atomic E-state index is -0.0653. The molecule has 1 heterocycles. The molecule has 2 aromatic rings. The van der Waals surface area contributed by atoms with Crippen molar-refractivity contribution in [2.45, 2.75) is 13.0 Å². The lowest BCUT2D eigenvalue weighted by atomic mass is 10.1. The fourth-order valence-electron chi connectivity index (χ4n) is 2.52. The molecule has 1 aliphatic heterocycles. The summed E-state index contributed by atoms with van der Waals surface area (Å²) in [7, 11) is 1.79. The maximum Gasteiger partial charge on any atom is 0.254 e. The fraction of sp³-hybridized carbons (Fsp3) is 0.278. The topological polar surface area (TPSA) is 38.8 Å². The van der Waals surface area contributed by atoms with E-state index in [4.69, 9.17) is 21.1 Å². The van der Waals surface area contributed by atoms with Gasteiger partial charge in [0.2, 0.25) is 0 Å². The Morgan fingerprint density at radius 2 is 1.74 bits per heavy atom. The van der Waals surface area contributed by atoms with Crippen molar-refractivity contribution in [3.8, 4) is 11.5 Å². The van der Waals surface area contributed by atoms with Gasteiger partial charge >= 0.3 is 0 Å². The number of halogens is 1. The fourth-order valence-corrected chi connectivity index (χ4v) is 2.65. The lowest BCUT2D eigenvalue weighted by molar-refractivity contribution is 0.0741. The first-order chi connectivity index (χ1) is 11.1. The highest BCUT2D eigenvalue weighted by molar-refractivity contribution is 6.30. The molecule has 4 nitrogen and oxygen atoms in total. The largest absolute Gasteiger partial charge is 0.486 e. The third kappa shape index (κ3) is 3.27. The van der Waals surface area contributed by atoms with E-state index in [-0.39, 0.29) is 11.9 Å². The molecule has 0 saturated carbocycles. The van der Waals surface area contributed by atoms with Gasteiger partial charge in [-0.25, -0.2) is 0 Å². The molecule has 1 aliphatic rings. The third-order valence-electron chi connectivity index (χ3n) is 4.04. The highest BCUT2D eigenvalue weighted by Gasteiger charge is 2.21. The summed E-state index contributed by atoms with van der Waals surface area (Å²) in [6, 6.07) is 12.7. The second-order valence-electron chi connectivity index (χ2n) is 5.50. The quantitative estimate of drug-likeness (QED) is 0.855. The second kappa shape index (κ2) is 6.50. The predicted molar refractivity (Wildman–Crippen MR) is 89.4 cm³/mol. The molecule has 0 fully saturated rings. The van der Waals surface area contributed by atoms with Crippen LogP contribution in [-0.2, 0) is 0 Å². The van der Waals surface area contributed by atoms with Gasteiger partial charge in [-0.1, -0.05) is 23.7 Å². The van der Waals surface area contributed by atoms with Gasteiger partial charge in [-0.15, -0.1) is 0 Å². The SMILES string of the molecule is CC(c1ccc(Cl)cc1)N(C)C(=O)c1ccc2c(c1)OCCO2. The van der Waals surface area contributed by atoms with Crippen molar-refractivity contribution in [3.63, 3.8) is 0 Å². The van der Waals surface area contributed by atoms with E-state index in [1.54, 1.807) is 30.1 Å². The van der Waals surface area contributed by atoms with Gasteiger partial charge in [0.05, 0.1) is 6.04 Å². The molecule has 0 radical (unpaired) electrons. The maximum atomic E-state index is 12.7. The summed E-state index contributed by atoms with van der Waals surface area (Å²) in [5.41, 5.74) is 1.61. The average molecular weight is 332 g/mol. The highest BCUT2D eigenvalue weighted by atomic mass is 35.5. The summed E-state index contributed by atoms with van der Waals surface area (Å²) in [6.07, 6.45) is 0. The smallest absolute Gasteiger partial charge is 0.254 e. The van der Waals surface area contributed by atoms with Gasteiger partial charge in [0.25, 0.3) is 5.91 Å². The summed E-state index contributed by atoms with van der Waals surface area (Å²) < 4.78 is 11.0. The number of carbonyl (C=O) groups is 1. The Labute approximate surface area is 140 Å². The standard InChI is InChI=1S/C18H18ClNO3/c1-12(13-3-6-15(19)7-4-13)20(2)18(21)14-5-8-16-17(11-14)23-10-9-22-16/h3-8,11-12H,9-10H2,1-2H3. The summed E-state index contributed by atoms with van der Waals surface area (Å²) in [6.45, 7) is 3.02. The average Bonchev–Trinajstić information content (AvgIpc) is 2.60. The molecular weight excluding hydrogens is 314 g/mol. The monoisotopic (exact) mass is 331 g/mol. The van der Waals surface area contributed by atoms with Crippen LogP contribution in [0, 0.1) is 0 Å². The van der Waals surface area contributed by atoms with Crippen LogP contribution in [0.15, 0.2) is 42.5 Å². The molecule has 0 saturated heterocycles. The molecule has 0 spiro atoms. The van der Waals surface area contributed by atoms with Crippen LogP contribution in [-0.4, -0.2) is 31.1 Å². The number of ether oxygens (including phenoxy) is 2. The number of rotatable bonds is 3. The molecule has 2 aromatic carbocycles. The normalized spacial score (nSPS) is 14.2. The molecule has 1 amide bonds. The molecular formula is C18H18ClNO3. The zero-order chi connectivity index (χ0) is 16.4. The zero-order valence-corrected chi connectivity index (χ0v) is 13.8. The molecule has 1 atom stereocenters. The molecule has 120 valence electrons. The van der Waals surface area contributed by atoms with E-state index in [0.717, 1.165) is 5.56 Å². The number of amides is 1. The number of fused-ring (bicyclic) bond motifs is 1. The van der Waals surface area contributed by atoms with Crippen molar-refractivity contribution in [2.24, 2.45) is 0 Å². The van der Waals surface area contributed by atoms with Crippen molar-refractivity contribution in [2.75, 3.05) is 20.3 Å². The van der Waals surface area contributed by atoms with Crippen molar-refractivity contribution < 1.29 is 14.3 Å². The van der Waals surface area contributed by atoms with Gasteiger partial charge in [-0.05, 0) is 42.8 Å². The van der Waals surface area contributed by atoms with Crippen LogP contribution in [0.25, 0.3) is 0 Å². The third-order valence-corrected chi connectivity index (χ3v) is 4.29. The number of benzene rings is 2. The summed E-state index contributed by atoms with van der Waals surface area (Å²) in [4.78, 5) is 14.4. The number of hydrogen-bond donors (Lipinski definition) is 0. The van der Waals surface area contributed by atoms with Crippen molar-refractivity contribution >= 4 is 17.5 Å². The Morgan fingerprint density at radius 1 is 1.09 bits per heavy atom. The molecule has 5 heteroatoms. The van der Waals surface area contributed by atoms with Gasteiger partial charge in [-0.2, -0.15) is 0 Å². The van der Waals surface area contributed by atoms with Crippen LogP contribution in [0.1, 0.15) is 28.9 Å². The van der Waals surface area contributed by atoms with Crippen LogP contribution >= 0.6 is 11.6 Å². The second-order valence-corrected chi connectivity index (χ2v) is 5.94. The first-order valence-electron chi connectivity index (χ1n) is 7.48. The van der Waals surface area contributed by atoms with E-state index in [0.29, 0.717) is 35.3 Å². The molecule has 1 unspecified atom stereocenters. The lowest BCUT2D eigenvalue weighted by Gasteiger charge is -2.26. The lowest BCUT2D eigenvalue weighted by Crippen LogP contribution is -2.29. The predicted octanol–water partition coefficient (Wildman–Crippen LogP) is 3.94. The van der Waals surface area contributed by atoms with E-state index in [1.165, 1.54) is 0 Å². The molecule has 23 heavy (non-hydrogen) atoms. The maximum absolute atomic E-state index is 12.7. The Kier molecular flexibility index (Phi) is 4.44. The Morgan fingerprint density at radius 3 is 2.43 bits per heavy atom. The summed E-state index contributed by atoms with van der Waals surface area (Å²) >= 11 is 5.92. The number of nitrogens with zero attached hydrogens (tertiary/aromatic N) is 1. The molecule has 0 aromatic heterocycles. The van der Waals surface area contributed by atoms with Crippen LogP contribution in [0.4, 0.5) is 0 Å². The first-order valence-corrected chi connectivity index (χ1v) is 7.86.